The first-order chi connectivity index (χ1) is 7.60. The van der Waals surface area contributed by atoms with Crippen molar-refractivity contribution in [3.8, 4) is 0 Å². The van der Waals surface area contributed by atoms with E-state index in [1.807, 2.05) is 0 Å². The molecule has 2 N–H and O–H groups in total. The Morgan fingerprint density at radius 2 is 1.81 bits per heavy atom. The number of nitrogens with two attached hydrogens (primary N) is 1. The minimum absolute atomic E-state index is 0.272. The summed E-state index contributed by atoms with van der Waals surface area (Å²) >= 11 is 0. The Balaban J connectivity index is 2.72. The Kier molecular flexibility index (Phi) is 5.26. The lowest BCUT2D eigenvalue weighted by Gasteiger charge is -2.30. The van der Waals surface area contributed by atoms with Crippen LogP contribution in [0.3, 0.4) is 0 Å². The van der Waals surface area contributed by atoms with E-state index in [1.165, 1.54) is 25.7 Å². The summed E-state index contributed by atoms with van der Waals surface area (Å²) in [6.07, 6.45) is 7.04. The zero-order chi connectivity index (χ0) is 12.0. The summed E-state index contributed by atoms with van der Waals surface area (Å²) in [6, 6.07) is 0. The molecule has 0 saturated heterocycles. The van der Waals surface area contributed by atoms with Gasteiger partial charge in [0, 0.05) is 13.7 Å². The Hall–Kier alpha value is -0.570. The lowest BCUT2D eigenvalue weighted by atomic mass is 9.93. The van der Waals surface area contributed by atoms with Crippen LogP contribution < -0.4 is 5.73 Å². The monoisotopic (exact) mass is 226 g/mol. The SMILES string of the molecule is COC1(C(N)=NCC(C)C)CCCCCC1. The van der Waals surface area contributed by atoms with Gasteiger partial charge in [-0.15, -0.1) is 0 Å². The fourth-order valence-corrected chi connectivity index (χ4v) is 2.29. The van der Waals surface area contributed by atoms with E-state index in [4.69, 9.17) is 10.5 Å². The summed E-state index contributed by atoms with van der Waals surface area (Å²) in [5, 5.41) is 0. The van der Waals surface area contributed by atoms with Crippen molar-refractivity contribution in [2.75, 3.05) is 13.7 Å². The summed E-state index contributed by atoms with van der Waals surface area (Å²) in [4.78, 5) is 4.50. The maximum Gasteiger partial charge on any atom is 0.126 e. The molecule has 3 heteroatoms. The molecule has 1 aliphatic carbocycles. The van der Waals surface area contributed by atoms with Crippen LogP contribution in [0.25, 0.3) is 0 Å². The van der Waals surface area contributed by atoms with Crippen molar-refractivity contribution in [1.82, 2.24) is 0 Å². The number of rotatable bonds is 4. The molecule has 0 radical (unpaired) electrons. The lowest BCUT2D eigenvalue weighted by Crippen LogP contribution is -2.45. The Labute approximate surface area is 99.5 Å². The normalized spacial score (nSPS) is 22.1. The average molecular weight is 226 g/mol. The van der Waals surface area contributed by atoms with E-state index in [1.54, 1.807) is 7.11 Å². The largest absolute Gasteiger partial charge is 0.385 e. The van der Waals surface area contributed by atoms with Crippen molar-refractivity contribution in [2.45, 2.75) is 58.0 Å². The number of amidine groups is 1. The second-order valence-corrected chi connectivity index (χ2v) is 5.23. The predicted molar refractivity (Wildman–Crippen MR) is 68.8 cm³/mol. The van der Waals surface area contributed by atoms with Crippen molar-refractivity contribution in [2.24, 2.45) is 16.6 Å². The molecule has 1 fully saturated rings. The highest BCUT2D eigenvalue weighted by Crippen LogP contribution is 2.30. The highest BCUT2D eigenvalue weighted by molar-refractivity contribution is 5.89. The average Bonchev–Trinajstić information content (AvgIpc) is 2.51. The molecular weight excluding hydrogens is 200 g/mol. The second-order valence-electron chi connectivity index (χ2n) is 5.23. The first kappa shape index (κ1) is 13.5. The fraction of sp³-hybridized carbons (Fsp3) is 0.923. The van der Waals surface area contributed by atoms with Gasteiger partial charge in [-0.2, -0.15) is 0 Å². The van der Waals surface area contributed by atoms with Crippen LogP contribution in [0, 0.1) is 5.92 Å². The summed E-state index contributed by atoms with van der Waals surface area (Å²) in [7, 11) is 1.77. The van der Waals surface area contributed by atoms with Gasteiger partial charge in [-0.05, 0) is 18.8 Å². The molecule has 0 unspecified atom stereocenters. The van der Waals surface area contributed by atoms with E-state index >= 15 is 0 Å². The third kappa shape index (κ3) is 3.48. The van der Waals surface area contributed by atoms with E-state index in [2.05, 4.69) is 18.8 Å². The van der Waals surface area contributed by atoms with Crippen molar-refractivity contribution in [3.05, 3.63) is 0 Å². The number of hydrogen-bond acceptors (Lipinski definition) is 2. The van der Waals surface area contributed by atoms with Crippen LogP contribution in [0.4, 0.5) is 0 Å². The third-order valence-electron chi connectivity index (χ3n) is 3.40. The molecule has 94 valence electrons. The van der Waals surface area contributed by atoms with Gasteiger partial charge in [0.1, 0.15) is 11.4 Å². The van der Waals surface area contributed by atoms with Gasteiger partial charge in [0.2, 0.25) is 0 Å². The summed E-state index contributed by atoms with van der Waals surface area (Å²) < 4.78 is 5.70. The Bertz CT molecular complexity index is 228. The highest BCUT2D eigenvalue weighted by atomic mass is 16.5. The van der Waals surface area contributed by atoms with Gasteiger partial charge in [0.15, 0.2) is 0 Å². The molecule has 0 aromatic rings. The van der Waals surface area contributed by atoms with E-state index in [9.17, 15) is 0 Å². The molecule has 0 aliphatic heterocycles. The van der Waals surface area contributed by atoms with Crippen LogP contribution in [0.2, 0.25) is 0 Å². The molecule has 0 spiro atoms. The van der Waals surface area contributed by atoms with Gasteiger partial charge in [-0.25, -0.2) is 0 Å². The molecule has 0 atom stereocenters. The van der Waals surface area contributed by atoms with Crippen LogP contribution in [0.5, 0.6) is 0 Å². The summed E-state index contributed by atoms with van der Waals surface area (Å²) in [5.74, 6) is 1.27. The Morgan fingerprint density at radius 1 is 1.25 bits per heavy atom. The topological polar surface area (TPSA) is 47.6 Å². The zero-order valence-corrected chi connectivity index (χ0v) is 11.0. The molecule has 16 heavy (non-hydrogen) atoms. The molecule has 0 heterocycles. The third-order valence-corrected chi connectivity index (χ3v) is 3.40. The van der Waals surface area contributed by atoms with E-state index in [0.29, 0.717) is 11.8 Å². The molecule has 1 rings (SSSR count). The van der Waals surface area contributed by atoms with E-state index in [-0.39, 0.29) is 5.60 Å². The standard InChI is InChI=1S/C13H26N2O/c1-11(2)10-15-12(14)13(16-3)8-6-4-5-7-9-13/h11H,4-10H2,1-3H3,(H2,14,15). The van der Waals surface area contributed by atoms with Crippen molar-refractivity contribution in [3.63, 3.8) is 0 Å². The maximum absolute atomic E-state index is 6.14. The number of hydrogen-bond donors (Lipinski definition) is 1. The van der Waals surface area contributed by atoms with Crippen LogP contribution in [-0.4, -0.2) is 25.1 Å². The van der Waals surface area contributed by atoms with E-state index in [0.717, 1.165) is 19.4 Å². The van der Waals surface area contributed by atoms with Gasteiger partial charge < -0.3 is 10.5 Å². The van der Waals surface area contributed by atoms with Crippen LogP contribution in [0.1, 0.15) is 52.4 Å². The first-order valence-corrected chi connectivity index (χ1v) is 6.46. The van der Waals surface area contributed by atoms with E-state index < -0.39 is 0 Å². The van der Waals surface area contributed by atoms with Gasteiger partial charge in [-0.3, -0.25) is 4.99 Å². The number of methoxy groups -OCH3 is 1. The van der Waals surface area contributed by atoms with Gasteiger partial charge >= 0.3 is 0 Å². The summed E-state index contributed by atoms with van der Waals surface area (Å²) in [6.45, 7) is 5.11. The predicted octanol–water partition coefficient (Wildman–Crippen LogP) is 2.74. The van der Waals surface area contributed by atoms with Crippen LogP contribution in [0.15, 0.2) is 4.99 Å². The molecule has 3 nitrogen and oxygen atoms in total. The van der Waals surface area contributed by atoms with Gasteiger partial charge in [0.05, 0.1) is 0 Å². The number of nitrogens with zero attached hydrogens (tertiary/aromatic N) is 1. The molecular formula is C13H26N2O. The lowest BCUT2D eigenvalue weighted by molar-refractivity contribution is 0.0359. The van der Waals surface area contributed by atoms with Gasteiger partial charge in [0.25, 0.3) is 0 Å². The first-order valence-electron chi connectivity index (χ1n) is 6.46. The summed E-state index contributed by atoms with van der Waals surface area (Å²) in [5.41, 5.74) is 5.86. The Morgan fingerprint density at radius 3 is 2.25 bits per heavy atom. The quantitative estimate of drug-likeness (QED) is 0.455. The van der Waals surface area contributed by atoms with Crippen molar-refractivity contribution >= 4 is 5.84 Å². The number of ether oxygens (including phenoxy) is 1. The molecule has 0 amide bonds. The van der Waals surface area contributed by atoms with Crippen LogP contribution >= 0.6 is 0 Å². The minimum Gasteiger partial charge on any atom is -0.385 e. The number of aliphatic imine (C=N–C) groups is 1. The second kappa shape index (κ2) is 6.24. The molecule has 0 aromatic heterocycles. The maximum atomic E-state index is 6.14. The molecule has 0 bridgehead atoms. The van der Waals surface area contributed by atoms with Gasteiger partial charge in [-0.1, -0.05) is 39.5 Å². The highest BCUT2D eigenvalue weighted by Gasteiger charge is 2.34. The molecule has 1 aliphatic rings. The minimum atomic E-state index is -0.272. The van der Waals surface area contributed by atoms with Crippen LogP contribution in [-0.2, 0) is 4.74 Å². The van der Waals surface area contributed by atoms with Crippen molar-refractivity contribution < 1.29 is 4.74 Å². The van der Waals surface area contributed by atoms with Crippen molar-refractivity contribution in [1.29, 1.82) is 0 Å². The molecule has 1 saturated carbocycles. The fourth-order valence-electron chi connectivity index (χ4n) is 2.29. The smallest absolute Gasteiger partial charge is 0.126 e. The zero-order valence-electron chi connectivity index (χ0n) is 11.0. The molecule has 0 aromatic carbocycles.